The lowest BCUT2D eigenvalue weighted by Gasteiger charge is -2.47. The van der Waals surface area contributed by atoms with Gasteiger partial charge in [0.1, 0.15) is 0 Å². The molecule has 8 heteroatoms. The number of carbonyl (C=O) groups is 1. The number of piperidine rings is 1. The molecule has 2 atom stereocenters. The maximum absolute atomic E-state index is 12.9. The summed E-state index contributed by atoms with van der Waals surface area (Å²) in [5.74, 6) is -0.453. The summed E-state index contributed by atoms with van der Waals surface area (Å²) in [7, 11) is 0. The molecule has 1 aromatic carbocycles. The molecule has 2 aliphatic heterocycles. The molecular formula is C20H20F3N3O2. The number of fused-ring (bicyclic) bond motifs is 3. The zero-order valence-electron chi connectivity index (χ0n) is 15.3. The average Bonchev–Trinajstić information content (AvgIpc) is 2.66. The molecule has 2 aromatic rings. The number of aromatic nitrogens is 1. The summed E-state index contributed by atoms with van der Waals surface area (Å²) >= 11 is 0. The molecule has 0 aliphatic carbocycles. The molecular weight excluding hydrogens is 371 g/mol. The number of nitrogens with zero attached hydrogens (tertiary/aromatic N) is 3. The van der Waals surface area contributed by atoms with Gasteiger partial charge in [-0.2, -0.15) is 13.2 Å². The summed E-state index contributed by atoms with van der Waals surface area (Å²) < 4.78 is 38.7. The van der Waals surface area contributed by atoms with Crippen molar-refractivity contribution in [3.05, 3.63) is 47.7 Å². The molecule has 2 aliphatic rings. The van der Waals surface area contributed by atoms with Crippen LogP contribution in [0.1, 0.15) is 24.1 Å². The van der Waals surface area contributed by atoms with Crippen molar-refractivity contribution >= 4 is 23.2 Å². The predicted octanol–water partition coefficient (Wildman–Crippen LogP) is 4.23. The van der Waals surface area contributed by atoms with Crippen LogP contribution in [0.15, 0.2) is 36.4 Å². The van der Waals surface area contributed by atoms with E-state index in [-0.39, 0.29) is 6.04 Å². The number of pyridine rings is 1. The standard InChI is InChI=1S/C20H20F3N3O2/c1-12-2-7-17-18(24-12)25-9-8-13(19(27)28)10-16(25)11-26(17)15-5-3-14(4-6-15)20(21,22)23/h2-7,13,16H,8-11H2,1H3,(H,27,28)/t13-,16-/m0/s1. The van der Waals surface area contributed by atoms with Crippen LogP contribution in [0.3, 0.4) is 0 Å². The molecule has 4 rings (SSSR count). The predicted molar refractivity (Wildman–Crippen MR) is 98.9 cm³/mol. The van der Waals surface area contributed by atoms with Crippen molar-refractivity contribution in [2.24, 2.45) is 5.92 Å². The number of rotatable bonds is 2. The fraction of sp³-hybridized carbons (Fsp3) is 0.400. The number of aliphatic carboxylic acids is 1. The molecule has 0 unspecified atom stereocenters. The van der Waals surface area contributed by atoms with Crippen molar-refractivity contribution in [1.29, 1.82) is 0 Å². The first kappa shape index (κ1) is 18.6. The van der Waals surface area contributed by atoms with E-state index in [1.54, 1.807) is 0 Å². The Labute approximate surface area is 160 Å². The van der Waals surface area contributed by atoms with Gasteiger partial charge in [0, 0.05) is 30.5 Å². The van der Waals surface area contributed by atoms with Crippen LogP contribution in [0.2, 0.25) is 0 Å². The lowest BCUT2D eigenvalue weighted by Crippen LogP contribution is -2.53. The van der Waals surface area contributed by atoms with E-state index in [1.807, 2.05) is 24.0 Å². The van der Waals surface area contributed by atoms with E-state index in [9.17, 15) is 23.1 Å². The van der Waals surface area contributed by atoms with Crippen molar-refractivity contribution < 1.29 is 23.1 Å². The quantitative estimate of drug-likeness (QED) is 0.830. The van der Waals surface area contributed by atoms with E-state index in [0.29, 0.717) is 31.6 Å². The molecule has 1 N–H and O–H groups in total. The van der Waals surface area contributed by atoms with Crippen molar-refractivity contribution in [1.82, 2.24) is 4.98 Å². The normalized spacial score (nSPS) is 21.9. The van der Waals surface area contributed by atoms with Crippen LogP contribution in [-0.2, 0) is 11.0 Å². The SMILES string of the molecule is Cc1ccc2c(n1)N1CC[C@H](C(=O)O)C[C@H]1CN2c1ccc(C(F)(F)F)cc1. The molecule has 0 amide bonds. The number of carboxylic acids is 1. The Bertz CT molecular complexity index is 899. The summed E-state index contributed by atoms with van der Waals surface area (Å²) in [5.41, 5.74) is 1.61. The minimum atomic E-state index is -4.38. The van der Waals surface area contributed by atoms with Gasteiger partial charge in [0.15, 0.2) is 5.82 Å². The molecule has 0 spiro atoms. The van der Waals surface area contributed by atoms with Crippen LogP contribution >= 0.6 is 0 Å². The minimum Gasteiger partial charge on any atom is -0.481 e. The lowest BCUT2D eigenvalue weighted by molar-refractivity contribution is -0.142. The summed E-state index contributed by atoms with van der Waals surface area (Å²) in [6.45, 7) is 3.00. The molecule has 3 heterocycles. The molecule has 1 fully saturated rings. The zero-order chi connectivity index (χ0) is 20.1. The second kappa shape index (κ2) is 6.68. The number of carboxylic acid groups (broad SMARTS) is 1. The van der Waals surface area contributed by atoms with Crippen LogP contribution in [-0.4, -0.2) is 35.2 Å². The lowest BCUT2D eigenvalue weighted by atomic mass is 9.89. The maximum Gasteiger partial charge on any atom is 0.416 e. The minimum absolute atomic E-state index is 0.0565. The first-order valence-corrected chi connectivity index (χ1v) is 9.16. The largest absolute Gasteiger partial charge is 0.481 e. The number of benzene rings is 1. The highest BCUT2D eigenvalue weighted by atomic mass is 19.4. The Morgan fingerprint density at radius 2 is 1.89 bits per heavy atom. The van der Waals surface area contributed by atoms with E-state index in [0.717, 1.165) is 29.3 Å². The van der Waals surface area contributed by atoms with Crippen molar-refractivity contribution in [2.45, 2.75) is 32.0 Å². The van der Waals surface area contributed by atoms with Gasteiger partial charge in [-0.25, -0.2) is 4.98 Å². The number of aryl methyl sites for hydroxylation is 1. The maximum atomic E-state index is 12.9. The Kier molecular flexibility index (Phi) is 4.44. The third kappa shape index (κ3) is 3.27. The molecule has 0 saturated carbocycles. The second-order valence-electron chi connectivity index (χ2n) is 7.36. The number of alkyl halides is 3. The molecule has 148 valence electrons. The van der Waals surface area contributed by atoms with Crippen molar-refractivity contribution in [3.63, 3.8) is 0 Å². The summed E-state index contributed by atoms with van der Waals surface area (Å²) in [5, 5.41) is 9.40. The number of hydrogen-bond donors (Lipinski definition) is 1. The zero-order valence-corrected chi connectivity index (χ0v) is 15.3. The average molecular weight is 391 g/mol. The Hall–Kier alpha value is -2.77. The number of halogens is 3. The van der Waals surface area contributed by atoms with Gasteiger partial charge >= 0.3 is 12.1 Å². The van der Waals surface area contributed by atoms with E-state index < -0.39 is 23.6 Å². The topological polar surface area (TPSA) is 56.7 Å². The van der Waals surface area contributed by atoms with Crippen LogP contribution in [0, 0.1) is 12.8 Å². The summed E-state index contributed by atoms with van der Waals surface area (Å²) in [6.07, 6.45) is -3.34. The van der Waals surface area contributed by atoms with Crippen LogP contribution in [0.5, 0.6) is 0 Å². The van der Waals surface area contributed by atoms with Crippen LogP contribution in [0.4, 0.5) is 30.4 Å². The molecule has 1 aromatic heterocycles. The first-order valence-electron chi connectivity index (χ1n) is 9.16. The third-order valence-electron chi connectivity index (χ3n) is 5.52. The Morgan fingerprint density at radius 3 is 2.54 bits per heavy atom. The van der Waals surface area contributed by atoms with Crippen LogP contribution < -0.4 is 9.80 Å². The Morgan fingerprint density at radius 1 is 1.18 bits per heavy atom. The number of anilines is 3. The highest BCUT2D eigenvalue weighted by molar-refractivity contribution is 5.78. The third-order valence-corrected chi connectivity index (χ3v) is 5.52. The first-order chi connectivity index (χ1) is 13.2. The number of hydrogen-bond acceptors (Lipinski definition) is 4. The molecule has 5 nitrogen and oxygen atoms in total. The second-order valence-corrected chi connectivity index (χ2v) is 7.36. The van der Waals surface area contributed by atoms with E-state index in [4.69, 9.17) is 0 Å². The van der Waals surface area contributed by atoms with Crippen molar-refractivity contribution in [3.8, 4) is 0 Å². The molecule has 0 bridgehead atoms. The van der Waals surface area contributed by atoms with Gasteiger partial charge in [0.25, 0.3) is 0 Å². The van der Waals surface area contributed by atoms with Gasteiger partial charge in [0.2, 0.25) is 0 Å². The fourth-order valence-corrected chi connectivity index (χ4v) is 4.07. The highest BCUT2D eigenvalue weighted by Crippen LogP contribution is 2.42. The Balaban J connectivity index is 1.72. The van der Waals surface area contributed by atoms with Gasteiger partial charge in [0.05, 0.1) is 17.2 Å². The van der Waals surface area contributed by atoms with Crippen LogP contribution in [0.25, 0.3) is 0 Å². The van der Waals surface area contributed by atoms with E-state index in [2.05, 4.69) is 9.88 Å². The van der Waals surface area contributed by atoms with Gasteiger partial charge in [-0.15, -0.1) is 0 Å². The van der Waals surface area contributed by atoms with Gasteiger partial charge in [-0.05, 0) is 56.2 Å². The van der Waals surface area contributed by atoms with Crippen molar-refractivity contribution in [2.75, 3.05) is 22.9 Å². The fourth-order valence-electron chi connectivity index (χ4n) is 4.07. The smallest absolute Gasteiger partial charge is 0.416 e. The van der Waals surface area contributed by atoms with Gasteiger partial charge < -0.3 is 14.9 Å². The molecule has 28 heavy (non-hydrogen) atoms. The summed E-state index contributed by atoms with van der Waals surface area (Å²) in [6, 6.07) is 8.81. The summed E-state index contributed by atoms with van der Waals surface area (Å²) in [4.78, 5) is 20.2. The highest BCUT2D eigenvalue weighted by Gasteiger charge is 2.39. The van der Waals surface area contributed by atoms with Gasteiger partial charge in [-0.3, -0.25) is 4.79 Å². The van der Waals surface area contributed by atoms with E-state index >= 15 is 0 Å². The molecule has 0 radical (unpaired) electrons. The van der Waals surface area contributed by atoms with Gasteiger partial charge in [-0.1, -0.05) is 0 Å². The molecule has 1 saturated heterocycles. The van der Waals surface area contributed by atoms with E-state index in [1.165, 1.54) is 12.1 Å². The monoisotopic (exact) mass is 391 g/mol.